The summed E-state index contributed by atoms with van der Waals surface area (Å²) >= 11 is 0. The van der Waals surface area contributed by atoms with Gasteiger partial charge in [-0.2, -0.15) is 13.2 Å². The van der Waals surface area contributed by atoms with Crippen molar-refractivity contribution in [3.63, 3.8) is 0 Å². The van der Waals surface area contributed by atoms with E-state index in [-0.39, 0.29) is 24.8 Å². The van der Waals surface area contributed by atoms with Crippen LogP contribution in [-0.2, 0) is 22.2 Å². The number of amides is 2. The first kappa shape index (κ1) is 18.9. The molecule has 2 aromatic rings. The van der Waals surface area contributed by atoms with Gasteiger partial charge in [0.15, 0.2) is 0 Å². The number of nitrogens with one attached hydrogen (secondary N) is 1. The van der Waals surface area contributed by atoms with Gasteiger partial charge in [0.2, 0.25) is 11.8 Å². The number of hydrogen-bond donors (Lipinski definition) is 1. The molecule has 4 nitrogen and oxygen atoms in total. The first-order valence-electron chi connectivity index (χ1n) is 8.64. The minimum absolute atomic E-state index is 0.0538. The van der Waals surface area contributed by atoms with Crippen molar-refractivity contribution in [1.82, 2.24) is 5.32 Å². The molecule has 2 amide bonds. The Morgan fingerprint density at radius 2 is 1.74 bits per heavy atom. The molecule has 7 heteroatoms. The zero-order chi connectivity index (χ0) is 19.4. The van der Waals surface area contributed by atoms with E-state index in [9.17, 15) is 22.8 Å². The number of halogens is 3. The molecule has 0 bridgehead atoms. The third-order valence-corrected chi connectivity index (χ3v) is 4.56. The minimum atomic E-state index is -4.42. The van der Waals surface area contributed by atoms with Gasteiger partial charge in [-0.25, -0.2) is 0 Å². The van der Waals surface area contributed by atoms with Gasteiger partial charge in [0.05, 0.1) is 11.5 Å². The van der Waals surface area contributed by atoms with Crippen molar-refractivity contribution in [3.05, 3.63) is 65.7 Å². The predicted octanol–water partition coefficient (Wildman–Crippen LogP) is 3.42. The van der Waals surface area contributed by atoms with E-state index in [4.69, 9.17) is 0 Å². The molecule has 3 rings (SSSR count). The summed E-state index contributed by atoms with van der Waals surface area (Å²) in [5, 5.41) is 2.83. The van der Waals surface area contributed by atoms with Crippen molar-refractivity contribution < 1.29 is 22.8 Å². The number of rotatable bonds is 5. The minimum Gasteiger partial charge on any atom is -0.355 e. The van der Waals surface area contributed by atoms with E-state index < -0.39 is 17.7 Å². The van der Waals surface area contributed by atoms with E-state index >= 15 is 0 Å². The molecule has 0 spiro atoms. The van der Waals surface area contributed by atoms with Gasteiger partial charge < -0.3 is 10.2 Å². The van der Waals surface area contributed by atoms with Crippen LogP contribution in [0.1, 0.15) is 17.5 Å². The summed E-state index contributed by atoms with van der Waals surface area (Å²) in [4.78, 5) is 25.9. The summed E-state index contributed by atoms with van der Waals surface area (Å²) in [5.74, 6) is -0.984. The number of carbonyl (C=O) groups excluding carboxylic acids is 2. The summed E-state index contributed by atoms with van der Waals surface area (Å²) in [6, 6.07) is 14.1. The van der Waals surface area contributed by atoms with Gasteiger partial charge in [0.1, 0.15) is 0 Å². The Morgan fingerprint density at radius 1 is 1.07 bits per heavy atom. The van der Waals surface area contributed by atoms with E-state index in [1.165, 1.54) is 17.0 Å². The number of alkyl halides is 3. The highest BCUT2D eigenvalue weighted by molar-refractivity contribution is 6.00. The fourth-order valence-corrected chi connectivity index (χ4v) is 3.08. The molecule has 0 saturated carbocycles. The lowest BCUT2D eigenvalue weighted by atomic mass is 10.1. The van der Waals surface area contributed by atoms with Crippen molar-refractivity contribution in [1.29, 1.82) is 0 Å². The van der Waals surface area contributed by atoms with Gasteiger partial charge in [-0.3, -0.25) is 9.59 Å². The van der Waals surface area contributed by atoms with Gasteiger partial charge in [-0.05, 0) is 36.2 Å². The highest BCUT2D eigenvalue weighted by Crippen LogP contribution is 2.32. The number of nitrogens with zero attached hydrogens (tertiary/aromatic N) is 1. The van der Waals surface area contributed by atoms with Crippen molar-refractivity contribution in [3.8, 4) is 0 Å². The summed E-state index contributed by atoms with van der Waals surface area (Å²) < 4.78 is 37.9. The quantitative estimate of drug-likeness (QED) is 0.869. The van der Waals surface area contributed by atoms with E-state index in [0.29, 0.717) is 18.7 Å². The molecule has 142 valence electrons. The highest BCUT2D eigenvalue weighted by atomic mass is 19.4. The van der Waals surface area contributed by atoms with Gasteiger partial charge in [-0.1, -0.05) is 30.3 Å². The van der Waals surface area contributed by atoms with Crippen molar-refractivity contribution in [2.24, 2.45) is 5.92 Å². The monoisotopic (exact) mass is 376 g/mol. The molecule has 1 heterocycles. The molecule has 1 fully saturated rings. The lowest BCUT2D eigenvalue weighted by Gasteiger charge is -2.17. The van der Waals surface area contributed by atoms with E-state index in [0.717, 1.165) is 17.7 Å². The van der Waals surface area contributed by atoms with Crippen LogP contribution in [0.4, 0.5) is 18.9 Å². The summed E-state index contributed by atoms with van der Waals surface area (Å²) in [7, 11) is 0. The fourth-order valence-electron chi connectivity index (χ4n) is 3.08. The van der Waals surface area contributed by atoms with Gasteiger partial charge in [0, 0.05) is 25.2 Å². The summed E-state index contributed by atoms with van der Waals surface area (Å²) in [5.41, 5.74) is 0.701. The molecule has 0 aromatic heterocycles. The third-order valence-electron chi connectivity index (χ3n) is 4.56. The number of hydrogen-bond acceptors (Lipinski definition) is 2. The first-order valence-corrected chi connectivity index (χ1v) is 8.64. The average Bonchev–Trinajstić information content (AvgIpc) is 3.04. The van der Waals surface area contributed by atoms with Crippen LogP contribution in [0.5, 0.6) is 0 Å². The van der Waals surface area contributed by atoms with E-state index in [1.807, 2.05) is 30.3 Å². The van der Waals surface area contributed by atoms with Crippen LogP contribution >= 0.6 is 0 Å². The highest BCUT2D eigenvalue weighted by Gasteiger charge is 2.36. The lowest BCUT2D eigenvalue weighted by Crippen LogP contribution is -2.34. The van der Waals surface area contributed by atoms with Crippen LogP contribution in [0.25, 0.3) is 0 Å². The van der Waals surface area contributed by atoms with Crippen molar-refractivity contribution >= 4 is 17.5 Å². The summed E-state index contributed by atoms with van der Waals surface area (Å²) in [6.07, 6.45) is -3.68. The zero-order valence-corrected chi connectivity index (χ0v) is 14.5. The molecule has 0 aliphatic carbocycles. The molecule has 0 radical (unpaired) electrons. The van der Waals surface area contributed by atoms with Crippen LogP contribution in [0.15, 0.2) is 54.6 Å². The average molecular weight is 376 g/mol. The maximum atomic E-state index is 12.6. The second kappa shape index (κ2) is 7.82. The van der Waals surface area contributed by atoms with Crippen molar-refractivity contribution in [2.45, 2.75) is 19.0 Å². The predicted molar refractivity (Wildman–Crippen MR) is 95.1 cm³/mol. The second-order valence-corrected chi connectivity index (χ2v) is 6.48. The fraction of sp³-hybridized carbons (Fsp3) is 0.300. The molecule has 2 aromatic carbocycles. The Hall–Kier alpha value is -2.83. The molecular weight excluding hydrogens is 357 g/mol. The molecule has 1 saturated heterocycles. The van der Waals surface area contributed by atoms with E-state index in [1.54, 1.807) is 0 Å². The van der Waals surface area contributed by atoms with Gasteiger partial charge in [0.25, 0.3) is 0 Å². The van der Waals surface area contributed by atoms with E-state index in [2.05, 4.69) is 5.32 Å². The Morgan fingerprint density at radius 3 is 2.37 bits per heavy atom. The zero-order valence-electron chi connectivity index (χ0n) is 14.5. The standard InChI is InChI=1S/C20H19F3N2O2/c21-20(22,23)16-6-8-17(9-7-16)25-13-15(12-18(25)26)19(27)24-11-10-14-4-2-1-3-5-14/h1-9,15H,10-13H2,(H,24,27). The lowest BCUT2D eigenvalue weighted by molar-refractivity contribution is -0.137. The molecule has 1 atom stereocenters. The number of carbonyl (C=O) groups is 2. The molecule has 1 aliphatic heterocycles. The number of anilines is 1. The maximum Gasteiger partial charge on any atom is 0.416 e. The molecular formula is C20H19F3N2O2. The van der Waals surface area contributed by atoms with Crippen LogP contribution < -0.4 is 10.2 Å². The molecule has 1 unspecified atom stereocenters. The van der Waals surface area contributed by atoms with Crippen molar-refractivity contribution in [2.75, 3.05) is 18.0 Å². The normalized spacial score (nSPS) is 17.2. The van der Waals surface area contributed by atoms with Crippen LogP contribution in [0.2, 0.25) is 0 Å². The topological polar surface area (TPSA) is 49.4 Å². The first-order chi connectivity index (χ1) is 12.8. The Balaban J connectivity index is 1.55. The van der Waals surface area contributed by atoms with Crippen LogP contribution in [-0.4, -0.2) is 24.9 Å². The smallest absolute Gasteiger partial charge is 0.355 e. The molecule has 27 heavy (non-hydrogen) atoms. The molecule has 1 aliphatic rings. The largest absolute Gasteiger partial charge is 0.416 e. The van der Waals surface area contributed by atoms with Crippen LogP contribution in [0.3, 0.4) is 0 Å². The SMILES string of the molecule is O=C(NCCc1ccccc1)C1CC(=O)N(c2ccc(C(F)(F)F)cc2)C1. The number of benzene rings is 2. The Labute approximate surface area is 155 Å². The third kappa shape index (κ3) is 4.67. The molecule has 1 N–H and O–H groups in total. The van der Waals surface area contributed by atoms with Crippen LogP contribution in [0, 0.1) is 5.92 Å². The second-order valence-electron chi connectivity index (χ2n) is 6.48. The Kier molecular flexibility index (Phi) is 5.48. The Bertz CT molecular complexity index is 804. The van der Waals surface area contributed by atoms with Gasteiger partial charge in [-0.15, -0.1) is 0 Å². The maximum absolute atomic E-state index is 12.6. The summed E-state index contributed by atoms with van der Waals surface area (Å²) in [6.45, 7) is 0.634. The van der Waals surface area contributed by atoms with Gasteiger partial charge >= 0.3 is 6.18 Å².